The van der Waals surface area contributed by atoms with Crippen LogP contribution in [0.2, 0.25) is 0 Å². The van der Waals surface area contributed by atoms with Crippen molar-refractivity contribution in [3.63, 3.8) is 0 Å². The van der Waals surface area contributed by atoms with Crippen LogP contribution < -0.4 is 11.1 Å². The largest absolute Gasteiger partial charge is 0.397 e. The second kappa shape index (κ2) is 8.08. The van der Waals surface area contributed by atoms with Crippen LogP contribution in [0.3, 0.4) is 0 Å². The fourth-order valence-corrected chi connectivity index (χ4v) is 2.33. The summed E-state index contributed by atoms with van der Waals surface area (Å²) in [6, 6.07) is 1.70. The molecule has 1 aromatic heterocycles. The first-order valence-electron chi connectivity index (χ1n) is 6.34. The quantitative estimate of drug-likeness (QED) is 0.712. The molecule has 0 radical (unpaired) electrons. The minimum absolute atomic E-state index is 0.0432. The van der Waals surface area contributed by atoms with Gasteiger partial charge in [-0.1, -0.05) is 12.8 Å². The first kappa shape index (κ1) is 15.0. The summed E-state index contributed by atoms with van der Waals surface area (Å²) in [5, 5.41) is 2.92. The molecule has 3 N–H and O–H groups in total. The first-order valence-corrected chi connectivity index (χ1v) is 7.73. The van der Waals surface area contributed by atoms with Crippen molar-refractivity contribution in [3.8, 4) is 0 Å². The van der Waals surface area contributed by atoms with Crippen molar-refractivity contribution < 1.29 is 4.79 Å². The fraction of sp³-hybridized carbons (Fsp3) is 0.615. The molecule has 0 aromatic carbocycles. The number of hydrogen-bond acceptors (Lipinski definition) is 3. The number of nitrogens with zero attached hydrogens (tertiary/aromatic N) is 1. The van der Waals surface area contributed by atoms with E-state index in [1.807, 2.05) is 18.8 Å². The summed E-state index contributed by atoms with van der Waals surface area (Å²) in [4.78, 5) is 11.8. The van der Waals surface area contributed by atoms with Crippen LogP contribution in [0.5, 0.6) is 0 Å². The van der Waals surface area contributed by atoms with Gasteiger partial charge in [-0.2, -0.15) is 11.8 Å². The zero-order chi connectivity index (χ0) is 13.4. The van der Waals surface area contributed by atoms with Crippen LogP contribution in [0.15, 0.2) is 12.3 Å². The highest BCUT2D eigenvalue weighted by Gasteiger charge is 2.09. The summed E-state index contributed by atoms with van der Waals surface area (Å²) in [6.45, 7) is 0.739. The Bertz CT molecular complexity index is 376. The van der Waals surface area contributed by atoms with Crippen LogP contribution in [0.25, 0.3) is 0 Å². The number of aryl methyl sites for hydroxylation is 1. The van der Waals surface area contributed by atoms with Gasteiger partial charge in [-0.15, -0.1) is 0 Å². The molecule has 0 spiro atoms. The van der Waals surface area contributed by atoms with E-state index in [1.54, 1.807) is 16.8 Å². The van der Waals surface area contributed by atoms with E-state index in [-0.39, 0.29) is 5.91 Å². The number of thioether (sulfide) groups is 1. The standard InChI is InChI=1S/C13H23N3OS/c1-16-10-11(14)9-12(16)13(17)15-7-5-3-4-6-8-18-2/h9-10H,3-8,14H2,1-2H3,(H,15,17). The first-order chi connectivity index (χ1) is 8.65. The predicted molar refractivity (Wildman–Crippen MR) is 79.0 cm³/mol. The molecule has 102 valence electrons. The van der Waals surface area contributed by atoms with Gasteiger partial charge < -0.3 is 15.6 Å². The lowest BCUT2D eigenvalue weighted by Crippen LogP contribution is -2.26. The summed E-state index contributed by atoms with van der Waals surface area (Å²) in [5.74, 6) is 1.19. The van der Waals surface area contributed by atoms with Gasteiger partial charge in [0.1, 0.15) is 5.69 Å². The lowest BCUT2D eigenvalue weighted by atomic mass is 10.2. The van der Waals surface area contributed by atoms with E-state index in [0.717, 1.165) is 13.0 Å². The van der Waals surface area contributed by atoms with Crippen molar-refractivity contribution >= 4 is 23.4 Å². The fourth-order valence-electron chi connectivity index (χ4n) is 1.83. The molecule has 0 aliphatic heterocycles. The Labute approximate surface area is 113 Å². The number of carbonyl (C=O) groups is 1. The monoisotopic (exact) mass is 269 g/mol. The van der Waals surface area contributed by atoms with Crippen molar-refractivity contribution in [2.75, 3.05) is 24.3 Å². The molecule has 5 heteroatoms. The highest BCUT2D eigenvalue weighted by Crippen LogP contribution is 2.08. The molecule has 0 unspecified atom stereocenters. The molecule has 0 bridgehead atoms. The molecule has 1 amide bonds. The third-order valence-corrected chi connectivity index (χ3v) is 3.52. The lowest BCUT2D eigenvalue weighted by molar-refractivity contribution is 0.0945. The van der Waals surface area contributed by atoms with Crippen molar-refractivity contribution in [2.24, 2.45) is 7.05 Å². The molecule has 0 fully saturated rings. The normalized spacial score (nSPS) is 10.6. The second-order valence-corrected chi connectivity index (χ2v) is 5.42. The molecule has 0 saturated carbocycles. The maximum atomic E-state index is 11.8. The van der Waals surface area contributed by atoms with Crippen molar-refractivity contribution in [1.82, 2.24) is 9.88 Å². The van der Waals surface area contributed by atoms with Crippen LogP contribution in [-0.4, -0.2) is 29.0 Å². The summed E-state index contributed by atoms with van der Waals surface area (Å²) in [7, 11) is 1.83. The van der Waals surface area contributed by atoms with Crippen molar-refractivity contribution in [1.29, 1.82) is 0 Å². The average molecular weight is 269 g/mol. The minimum Gasteiger partial charge on any atom is -0.397 e. The summed E-state index contributed by atoms with van der Waals surface area (Å²) in [6.07, 6.45) is 8.61. The minimum atomic E-state index is -0.0432. The van der Waals surface area contributed by atoms with Gasteiger partial charge in [-0.25, -0.2) is 0 Å². The molecule has 1 heterocycles. The van der Waals surface area contributed by atoms with Crippen molar-refractivity contribution in [2.45, 2.75) is 25.7 Å². The van der Waals surface area contributed by atoms with E-state index in [9.17, 15) is 4.79 Å². The van der Waals surface area contributed by atoms with Gasteiger partial charge in [-0.05, 0) is 30.9 Å². The van der Waals surface area contributed by atoms with Crippen LogP contribution >= 0.6 is 11.8 Å². The lowest BCUT2D eigenvalue weighted by Gasteiger charge is -2.05. The Hall–Kier alpha value is -1.10. The highest BCUT2D eigenvalue weighted by molar-refractivity contribution is 7.98. The number of hydrogen-bond donors (Lipinski definition) is 2. The molecule has 0 aliphatic carbocycles. The zero-order valence-electron chi connectivity index (χ0n) is 11.2. The number of nitrogens with two attached hydrogens (primary N) is 1. The van der Waals surface area contributed by atoms with Crippen LogP contribution in [-0.2, 0) is 7.05 Å². The third-order valence-electron chi connectivity index (χ3n) is 2.82. The highest BCUT2D eigenvalue weighted by atomic mass is 32.2. The molecule has 18 heavy (non-hydrogen) atoms. The number of amides is 1. The number of rotatable bonds is 8. The van der Waals surface area contributed by atoms with Gasteiger partial charge in [0.05, 0.1) is 5.69 Å². The smallest absolute Gasteiger partial charge is 0.267 e. The Morgan fingerprint density at radius 1 is 1.39 bits per heavy atom. The SMILES string of the molecule is CSCCCCCCNC(=O)c1cc(N)cn1C. The van der Waals surface area contributed by atoms with Crippen molar-refractivity contribution in [3.05, 3.63) is 18.0 Å². The maximum absolute atomic E-state index is 11.8. The van der Waals surface area contributed by atoms with Gasteiger partial charge in [0.15, 0.2) is 0 Å². The third kappa shape index (κ3) is 5.04. The van der Waals surface area contributed by atoms with Gasteiger partial charge in [0.2, 0.25) is 0 Å². The Balaban J connectivity index is 2.16. The molecule has 0 aliphatic rings. The summed E-state index contributed by atoms with van der Waals surface area (Å²) >= 11 is 1.89. The number of nitrogens with one attached hydrogen (secondary N) is 1. The number of aromatic nitrogens is 1. The molecule has 4 nitrogen and oxygen atoms in total. The number of unbranched alkanes of at least 4 members (excludes halogenated alkanes) is 3. The van der Waals surface area contributed by atoms with E-state index < -0.39 is 0 Å². The van der Waals surface area contributed by atoms with E-state index in [1.165, 1.54) is 25.0 Å². The summed E-state index contributed by atoms with van der Waals surface area (Å²) in [5.41, 5.74) is 6.88. The molecule has 0 saturated heterocycles. The van der Waals surface area contributed by atoms with Gasteiger partial charge >= 0.3 is 0 Å². The van der Waals surface area contributed by atoms with E-state index in [4.69, 9.17) is 5.73 Å². The van der Waals surface area contributed by atoms with Gasteiger partial charge in [-0.3, -0.25) is 4.79 Å². The molecule has 1 rings (SSSR count). The number of carbonyl (C=O) groups excluding carboxylic acids is 1. The second-order valence-electron chi connectivity index (χ2n) is 4.43. The Morgan fingerprint density at radius 3 is 2.72 bits per heavy atom. The van der Waals surface area contributed by atoms with Crippen LogP contribution in [0, 0.1) is 0 Å². The molecule has 0 atom stereocenters. The maximum Gasteiger partial charge on any atom is 0.267 e. The van der Waals surface area contributed by atoms with Crippen LogP contribution in [0.1, 0.15) is 36.2 Å². The topological polar surface area (TPSA) is 60.1 Å². The molecular formula is C13H23N3OS. The number of nitrogen functional groups attached to an aromatic ring is 1. The Kier molecular flexibility index (Phi) is 6.72. The predicted octanol–water partition coefficient (Wildman–Crippen LogP) is 2.26. The van der Waals surface area contributed by atoms with E-state index in [0.29, 0.717) is 11.4 Å². The van der Waals surface area contributed by atoms with E-state index >= 15 is 0 Å². The zero-order valence-corrected chi connectivity index (χ0v) is 12.1. The van der Waals surface area contributed by atoms with E-state index in [2.05, 4.69) is 11.6 Å². The molecular weight excluding hydrogens is 246 g/mol. The molecule has 1 aromatic rings. The summed E-state index contributed by atoms with van der Waals surface area (Å²) < 4.78 is 1.75. The van der Waals surface area contributed by atoms with Crippen LogP contribution in [0.4, 0.5) is 5.69 Å². The van der Waals surface area contributed by atoms with Gasteiger partial charge in [0, 0.05) is 19.8 Å². The Morgan fingerprint density at radius 2 is 2.11 bits per heavy atom. The average Bonchev–Trinajstić information content (AvgIpc) is 2.67. The number of anilines is 1. The van der Waals surface area contributed by atoms with Gasteiger partial charge in [0.25, 0.3) is 5.91 Å².